The van der Waals surface area contributed by atoms with Gasteiger partial charge in [0, 0.05) is 49.6 Å². The van der Waals surface area contributed by atoms with E-state index in [9.17, 15) is 9.59 Å². The zero-order chi connectivity index (χ0) is 25.6. The second-order valence-electron chi connectivity index (χ2n) is 9.81. The number of fused-ring (bicyclic) bond motifs is 1. The third kappa shape index (κ3) is 9.13. The van der Waals surface area contributed by atoms with Crippen molar-refractivity contribution < 1.29 is 14.3 Å². The van der Waals surface area contributed by atoms with Crippen LogP contribution in [0.3, 0.4) is 0 Å². The Kier molecular flexibility index (Phi) is 12.1. The fraction of sp³-hybridized carbons (Fsp3) is 0.643. The van der Waals surface area contributed by atoms with Gasteiger partial charge in [0.25, 0.3) is 0 Å². The highest BCUT2D eigenvalue weighted by Gasteiger charge is 2.22. The Morgan fingerprint density at radius 1 is 1.06 bits per heavy atom. The van der Waals surface area contributed by atoms with E-state index in [1.807, 2.05) is 29.3 Å². The van der Waals surface area contributed by atoms with Crippen molar-refractivity contribution in [2.45, 2.75) is 58.3 Å². The van der Waals surface area contributed by atoms with Crippen LogP contribution >= 0.6 is 0 Å². The van der Waals surface area contributed by atoms with Gasteiger partial charge in [-0.15, -0.1) is 0 Å². The molecule has 1 aliphatic heterocycles. The third-order valence-corrected chi connectivity index (χ3v) is 7.04. The number of carbonyl (C=O) groups excluding carboxylic acids is 2. The molecule has 8 nitrogen and oxygen atoms in total. The molecule has 1 aromatic heterocycles. The molecule has 0 bridgehead atoms. The van der Waals surface area contributed by atoms with Gasteiger partial charge in [0.05, 0.1) is 7.11 Å². The lowest BCUT2D eigenvalue weighted by Gasteiger charge is -2.32. The molecule has 0 atom stereocenters. The van der Waals surface area contributed by atoms with Crippen LogP contribution in [-0.4, -0.2) is 74.6 Å². The summed E-state index contributed by atoms with van der Waals surface area (Å²) >= 11 is 0. The molecule has 1 saturated heterocycles. The standard InChI is InChI=1S/C28H45N5O3/c1-3-13-29-14-4-5-15-30-20-22-11-17-33(18-12-22)28(35)9-8-27(34)31-16-10-23-21-32-26-7-6-24(36-2)19-25(23)26/h6-7,19,21-22,29-30,32H,3-5,8-18,20H2,1-2H3,(H,31,34). The molecule has 2 heterocycles. The predicted molar refractivity (Wildman–Crippen MR) is 145 cm³/mol. The second kappa shape index (κ2) is 15.5. The maximum Gasteiger partial charge on any atom is 0.223 e. The number of aromatic nitrogens is 1. The zero-order valence-electron chi connectivity index (χ0n) is 22.2. The number of methoxy groups -OCH3 is 1. The monoisotopic (exact) mass is 499 g/mol. The predicted octanol–water partition coefficient (Wildman–Crippen LogP) is 3.22. The number of rotatable bonds is 16. The van der Waals surface area contributed by atoms with E-state index in [0.29, 0.717) is 12.5 Å². The van der Waals surface area contributed by atoms with Crippen molar-refractivity contribution in [3.63, 3.8) is 0 Å². The molecule has 2 amide bonds. The number of benzene rings is 1. The maximum atomic E-state index is 12.6. The van der Waals surface area contributed by atoms with Gasteiger partial charge in [-0.1, -0.05) is 6.92 Å². The summed E-state index contributed by atoms with van der Waals surface area (Å²) in [5.41, 5.74) is 2.19. The number of carbonyl (C=O) groups is 2. The van der Waals surface area contributed by atoms with Crippen molar-refractivity contribution in [1.82, 2.24) is 25.8 Å². The van der Waals surface area contributed by atoms with E-state index in [1.165, 1.54) is 19.3 Å². The fourth-order valence-corrected chi connectivity index (χ4v) is 4.79. The molecule has 1 aliphatic rings. The summed E-state index contributed by atoms with van der Waals surface area (Å²) in [6.45, 7) is 8.66. The lowest BCUT2D eigenvalue weighted by Crippen LogP contribution is -2.41. The van der Waals surface area contributed by atoms with Crippen molar-refractivity contribution in [3.8, 4) is 5.75 Å². The van der Waals surface area contributed by atoms with Crippen LogP contribution in [0.1, 0.15) is 57.4 Å². The Morgan fingerprint density at radius 3 is 2.58 bits per heavy atom. The minimum absolute atomic E-state index is 0.0650. The molecule has 4 N–H and O–H groups in total. The average molecular weight is 500 g/mol. The van der Waals surface area contributed by atoms with Crippen LogP contribution < -0.4 is 20.7 Å². The van der Waals surface area contributed by atoms with Crippen molar-refractivity contribution in [2.24, 2.45) is 5.92 Å². The van der Waals surface area contributed by atoms with Gasteiger partial charge in [-0.05, 0) is 94.4 Å². The van der Waals surface area contributed by atoms with Gasteiger partial charge in [0.1, 0.15) is 5.75 Å². The average Bonchev–Trinajstić information content (AvgIpc) is 3.31. The van der Waals surface area contributed by atoms with Crippen LogP contribution in [0.15, 0.2) is 24.4 Å². The first-order valence-electron chi connectivity index (χ1n) is 13.7. The lowest BCUT2D eigenvalue weighted by molar-refractivity contribution is -0.134. The van der Waals surface area contributed by atoms with E-state index < -0.39 is 0 Å². The Labute approximate surface area is 215 Å². The molecule has 36 heavy (non-hydrogen) atoms. The Balaban J connectivity index is 1.24. The Morgan fingerprint density at radius 2 is 1.83 bits per heavy atom. The van der Waals surface area contributed by atoms with Crippen LogP contribution in [0.4, 0.5) is 0 Å². The third-order valence-electron chi connectivity index (χ3n) is 7.04. The molecule has 0 radical (unpaired) electrons. The number of piperidine rings is 1. The Bertz CT molecular complexity index is 936. The van der Waals surface area contributed by atoms with E-state index >= 15 is 0 Å². The van der Waals surface area contributed by atoms with Gasteiger partial charge in [0.2, 0.25) is 11.8 Å². The molecule has 200 valence electrons. The molecule has 8 heteroatoms. The number of H-pyrrole nitrogens is 1. The first-order chi connectivity index (χ1) is 17.6. The van der Waals surface area contributed by atoms with Crippen molar-refractivity contribution >= 4 is 22.7 Å². The van der Waals surface area contributed by atoms with Crippen molar-refractivity contribution in [1.29, 1.82) is 0 Å². The smallest absolute Gasteiger partial charge is 0.223 e. The minimum Gasteiger partial charge on any atom is -0.497 e. The first-order valence-corrected chi connectivity index (χ1v) is 13.7. The normalized spacial score (nSPS) is 14.3. The molecule has 0 aliphatic carbocycles. The number of nitrogens with zero attached hydrogens (tertiary/aromatic N) is 1. The molecule has 2 aromatic rings. The van der Waals surface area contributed by atoms with Crippen LogP contribution in [0, 0.1) is 5.92 Å². The van der Waals surface area contributed by atoms with Crippen LogP contribution in [0.25, 0.3) is 10.9 Å². The van der Waals surface area contributed by atoms with Crippen LogP contribution in [-0.2, 0) is 16.0 Å². The summed E-state index contributed by atoms with van der Waals surface area (Å²) in [6, 6.07) is 5.93. The van der Waals surface area contributed by atoms with E-state index in [1.54, 1.807) is 7.11 Å². The quantitative estimate of drug-likeness (QED) is 0.266. The largest absolute Gasteiger partial charge is 0.497 e. The van der Waals surface area contributed by atoms with E-state index in [4.69, 9.17) is 4.74 Å². The van der Waals surface area contributed by atoms with E-state index in [-0.39, 0.29) is 24.7 Å². The zero-order valence-corrected chi connectivity index (χ0v) is 22.2. The number of amides is 2. The summed E-state index contributed by atoms with van der Waals surface area (Å²) in [6.07, 6.45) is 8.92. The second-order valence-corrected chi connectivity index (χ2v) is 9.81. The van der Waals surface area contributed by atoms with Crippen LogP contribution in [0.2, 0.25) is 0 Å². The SMILES string of the molecule is CCCNCCCCNCC1CCN(C(=O)CCC(=O)NCCc2c[nH]c3ccc(OC)cc23)CC1. The summed E-state index contributed by atoms with van der Waals surface area (Å²) in [4.78, 5) is 30.1. The molecule has 3 rings (SSSR count). The first kappa shape index (κ1) is 28.0. The summed E-state index contributed by atoms with van der Waals surface area (Å²) in [5.74, 6) is 1.49. The summed E-state index contributed by atoms with van der Waals surface area (Å²) in [7, 11) is 1.66. The van der Waals surface area contributed by atoms with Gasteiger partial charge in [0.15, 0.2) is 0 Å². The highest BCUT2D eigenvalue weighted by Crippen LogP contribution is 2.23. The number of nitrogens with one attached hydrogen (secondary N) is 4. The van der Waals surface area contributed by atoms with Gasteiger partial charge >= 0.3 is 0 Å². The van der Waals surface area contributed by atoms with Crippen molar-refractivity contribution in [3.05, 3.63) is 30.0 Å². The molecular weight excluding hydrogens is 454 g/mol. The van der Waals surface area contributed by atoms with Crippen molar-refractivity contribution in [2.75, 3.05) is 52.9 Å². The molecular formula is C28H45N5O3. The highest BCUT2D eigenvalue weighted by atomic mass is 16.5. The summed E-state index contributed by atoms with van der Waals surface area (Å²) in [5, 5.41) is 11.1. The summed E-state index contributed by atoms with van der Waals surface area (Å²) < 4.78 is 5.31. The number of aromatic amines is 1. The molecule has 1 aromatic carbocycles. The lowest BCUT2D eigenvalue weighted by atomic mass is 9.96. The molecule has 0 spiro atoms. The number of ether oxygens (including phenoxy) is 1. The van der Waals surface area contributed by atoms with Gasteiger partial charge in [-0.2, -0.15) is 0 Å². The number of unbranched alkanes of at least 4 members (excludes halogenated alkanes) is 1. The Hall–Kier alpha value is -2.58. The van der Waals surface area contributed by atoms with Gasteiger partial charge in [-0.25, -0.2) is 0 Å². The van der Waals surface area contributed by atoms with Gasteiger partial charge in [-0.3, -0.25) is 9.59 Å². The number of likely N-dealkylation sites (tertiary alicyclic amines) is 1. The number of hydrogen-bond donors (Lipinski definition) is 4. The highest BCUT2D eigenvalue weighted by molar-refractivity contribution is 5.85. The topological polar surface area (TPSA) is 98.5 Å². The molecule has 0 saturated carbocycles. The maximum absolute atomic E-state index is 12.6. The minimum atomic E-state index is -0.0650. The molecule has 1 fully saturated rings. The van der Waals surface area contributed by atoms with E-state index in [0.717, 1.165) is 80.7 Å². The van der Waals surface area contributed by atoms with Gasteiger partial charge < -0.3 is 30.6 Å². The molecule has 0 unspecified atom stereocenters. The van der Waals surface area contributed by atoms with Crippen LogP contribution in [0.5, 0.6) is 5.75 Å². The fourth-order valence-electron chi connectivity index (χ4n) is 4.79. The van der Waals surface area contributed by atoms with E-state index in [2.05, 4.69) is 27.9 Å². The number of hydrogen-bond acceptors (Lipinski definition) is 5.